The molecular weight excluding hydrogens is 276 g/mol. The molecule has 22 heavy (non-hydrogen) atoms. The van der Waals surface area contributed by atoms with Gasteiger partial charge >= 0.3 is 0 Å². The maximum absolute atomic E-state index is 12.2. The minimum Gasteiger partial charge on any atom is -0.395 e. The molecule has 0 aliphatic carbocycles. The van der Waals surface area contributed by atoms with Gasteiger partial charge in [0.25, 0.3) is 0 Å². The van der Waals surface area contributed by atoms with Crippen molar-refractivity contribution in [1.29, 1.82) is 0 Å². The number of nitrogens with zero attached hydrogens (tertiary/aromatic N) is 1. The van der Waals surface area contributed by atoms with Crippen molar-refractivity contribution in [3.63, 3.8) is 0 Å². The molecule has 2 aromatic carbocycles. The number of carbonyl (C=O) groups is 1. The Labute approximate surface area is 131 Å². The Hall–Kier alpha value is -2.17. The summed E-state index contributed by atoms with van der Waals surface area (Å²) in [5.74, 6) is -0.0707. The van der Waals surface area contributed by atoms with E-state index >= 15 is 0 Å². The summed E-state index contributed by atoms with van der Waals surface area (Å²) < 4.78 is 0. The zero-order valence-corrected chi connectivity index (χ0v) is 12.8. The van der Waals surface area contributed by atoms with E-state index in [2.05, 4.69) is 5.32 Å². The van der Waals surface area contributed by atoms with Gasteiger partial charge in [-0.05, 0) is 24.1 Å². The maximum atomic E-state index is 12.2. The fraction of sp³-hybridized carbons (Fsp3) is 0.278. The number of hydrogen-bond acceptors (Lipinski definition) is 3. The Bertz CT molecular complexity index is 599. The molecule has 116 valence electrons. The van der Waals surface area contributed by atoms with E-state index in [1.54, 1.807) is 0 Å². The Balaban J connectivity index is 1.95. The summed E-state index contributed by atoms with van der Waals surface area (Å²) in [6, 6.07) is 17.6. The molecule has 0 heterocycles. The van der Waals surface area contributed by atoms with Gasteiger partial charge in [-0.1, -0.05) is 48.5 Å². The third-order valence-corrected chi connectivity index (χ3v) is 3.45. The normalized spacial score (nSPS) is 10.7. The smallest absolute Gasteiger partial charge is 0.238 e. The predicted octanol–water partition coefficient (Wildman–Crippen LogP) is 2.43. The van der Waals surface area contributed by atoms with Gasteiger partial charge in [0.05, 0.1) is 13.2 Å². The van der Waals surface area contributed by atoms with E-state index in [1.165, 1.54) is 0 Å². The number of aryl methyl sites for hydroxylation is 1. The van der Waals surface area contributed by atoms with Crippen LogP contribution in [-0.2, 0) is 11.3 Å². The van der Waals surface area contributed by atoms with Crippen LogP contribution in [0.3, 0.4) is 0 Å². The molecule has 0 aliphatic heterocycles. The number of aliphatic hydroxyl groups excluding tert-OH is 1. The lowest BCUT2D eigenvalue weighted by Gasteiger charge is -2.21. The lowest BCUT2D eigenvalue weighted by atomic mass is 10.2. The second-order valence-electron chi connectivity index (χ2n) is 5.28. The summed E-state index contributed by atoms with van der Waals surface area (Å²) in [4.78, 5) is 14.1. The van der Waals surface area contributed by atoms with Gasteiger partial charge in [-0.2, -0.15) is 0 Å². The third kappa shape index (κ3) is 4.98. The van der Waals surface area contributed by atoms with Crippen LogP contribution in [-0.4, -0.2) is 35.6 Å². The summed E-state index contributed by atoms with van der Waals surface area (Å²) in [5.41, 5.74) is 2.99. The van der Waals surface area contributed by atoms with Crippen molar-refractivity contribution in [3.05, 3.63) is 65.7 Å². The van der Waals surface area contributed by atoms with Gasteiger partial charge < -0.3 is 10.4 Å². The van der Waals surface area contributed by atoms with Gasteiger partial charge in [0.2, 0.25) is 5.91 Å². The number of anilines is 1. The van der Waals surface area contributed by atoms with Crippen LogP contribution in [0.25, 0.3) is 0 Å². The van der Waals surface area contributed by atoms with Crippen molar-refractivity contribution in [2.75, 3.05) is 25.0 Å². The number of para-hydroxylation sites is 1. The maximum Gasteiger partial charge on any atom is 0.238 e. The zero-order chi connectivity index (χ0) is 15.8. The molecule has 0 atom stereocenters. The second-order valence-corrected chi connectivity index (χ2v) is 5.28. The van der Waals surface area contributed by atoms with Gasteiger partial charge in [0, 0.05) is 18.8 Å². The number of rotatable bonds is 7. The molecule has 0 saturated heterocycles. The van der Waals surface area contributed by atoms with Gasteiger partial charge in [0.1, 0.15) is 0 Å². The van der Waals surface area contributed by atoms with Crippen LogP contribution in [0.4, 0.5) is 5.69 Å². The number of nitrogens with one attached hydrogen (secondary N) is 1. The average Bonchev–Trinajstić information content (AvgIpc) is 2.51. The highest BCUT2D eigenvalue weighted by molar-refractivity contribution is 5.92. The first-order valence-corrected chi connectivity index (χ1v) is 7.41. The number of hydrogen-bond donors (Lipinski definition) is 2. The second kappa shape index (κ2) is 8.32. The molecule has 2 N–H and O–H groups in total. The first kappa shape index (κ1) is 16.2. The Morgan fingerprint density at radius 3 is 2.45 bits per heavy atom. The van der Waals surface area contributed by atoms with Gasteiger partial charge in [-0.15, -0.1) is 0 Å². The van der Waals surface area contributed by atoms with Crippen molar-refractivity contribution in [1.82, 2.24) is 4.90 Å². The van der Waals surface area contributed by atoms with Crippen molar-refractivity contribution in [2.45, 2.75) is 13.5 Å². The molecule has 0 radical (unpaired) electrons. The van der Waals surface area contributed by atoms with Crippen molar-refractivity contribution in [2.24, 2.45) is 0 Å². The highest BCUT2D eigenvalue weighted by Crippen LogP contribution is 2.13. The lowest BCUT2D eigenvalue weighted by molar-refractivity contribution is -0.117. The summed E-state index contributed by atoms with van der Waals surface area (Å²) in [7, 11) is 0. The topological polar surface area (TPSA) is 52.6 Å². The van der Waals surface area contributed by atoms with Crippen LogP contribution in [0.15, 0.2) is 54.6 Å². The molecule has 0 aromatic heterocycles. The standard InChI is InChI=1S/C18H22N2O2/c1-15-7-5-6-10-17(15)19-18(22)14-20(11-12-21)13-16-8-3-2-4-9-16/h2-10,21H,11-14H2,1H3,(H,19,22). The Morgan fingerprint density at radius 2 is 1.77 bits per heavy atom. The summed E-state index contributed by atoms with van der Waals surface area (Å²) in [6.07, 6.45) is 0. The Morgan fingerprint density at radius 1 is 1.09 bits per heavy atom. The minimum absolute atomic E-state index is 0.0322. The Kier molecular flexibility index (Phi) is 6.13. The molecule has 0 bridgehead atoms. The van der Waals surface area contributed by atoms with Crippen LogP contribution < -0.4 is 5.32 Å². The monoisotopic (exact) mass is 298 g/mol. The number of amides is 1. The van der Waals surface area contributed by atoms with Crippen LogP contribution in [0.1, 0.15) is 11.1 Å². The fourth-order valence-corrected chi connectivity index (χ4v) is 2.30. The van der Waals surface area contributed by atoms with E-state index in [0.29, 0.717) is 13.1 Å². The summed E-state index contributed by atoms with van der Waals surface area (Å²) >= 11 is 0. The molecule has 1 amide bonds. The SMILES string of the molecule is Cc1ccccc1NC(=O)CN(CCO)Cc1ccccc1. The van der Waals surface area contributed by atoms with Crippen LogP contribution in [0, 0.1) is 6.92 Å². The quantitative estimate of drug-likeness (QED) is 0.825. The first-order valence-electron chi connectivity index (χ1n) is 7.41. The molecule has 4 heteroatoms. The number of carbonyl (C=O) groups excluding carboxylic acids is 1. The van der Waals surface area contributed by atoms with E-state index in [-0.39, 0.29) is 19.1 Å². The van der Waals surface area contributed by atoms with Crippen LogP contribution in [0.2, 0.25) is 0 Å². The minimum atomic E-state index is -0.0707. The molecule has 2 rings (SSSR count). The van der Waals surface area contributed by atoms with E-state index in [9.17, 15) is 9.90 Å². The number of benzene rings is 2. The molecule has 0 unspecified atom stereocenters. The molecule has 0 aliphatic rings. The predicted molar refractivity (Wildman–Crippen MR) is 88.6 cm³/mol. The summed E-state index contributed by atoms with van der Waals surface area (Å²) in [5, 5.41) is 12.1. The molecule has 0 fully saturated rings. The largest absolute Gasteiger partial charge is 0.395 e. The third-order valence-electron chi connectivity index (χ3n) is 3.45. The van der Waals surface area contributed by atoms with Crippen LogP contribution in [0.5, 0.6) is 0 Å². The van der Waals surface area contributed by atoms with E-state index in [1.807, 2.05) is 66.4 Å². The van der Waals surface area contributed by atoms with Gasteiger partial charge in [0.15, 0.2) is 0 Å². The molecule has 0 saturated carbocycles. The first-order chi connectivity index (χ1) is 10.7. The molecule has 2 aromatic rings. The average molecular weight is 298 g/mol. The van der Waals surface area contributed by atoms with E-state index in [4.69, 9.17) is 0 Å². The zero-order valence-electron chi connectivity index (χ0n) is 12.8. The van der Waals surface area contributed by atoms with Crippen LogP contribution >= 0.6 is 0 Å². The fourth-order valence-electron chi connectivity index (χ4n) is 2.30. The highest BCUT2D eigenvalue weighted by Gasteiger charge is 2.11. The molecule has 4 nitrogen and oxygen atoms in total. The summed E-state index contributed by atoms with van der Waals surface area (Å²) in [6.45, 7) is 3.36. The van der Waals surface area contributed by atoms with E-state index < -0.39 is 0 Å². The van der Waals surface area contributed by atoms with E-state index in [0.717, 1.165) is 16.8 Å². The van der Waals surface area contributed by atoms with Crippen molar-refractivity contribution < 1.29 is 9.90 Å². The molecule has 0 spiro atoms. The van der Waals surface area contributed by atoms with Gasteiger partial charge in [-0.3, -0.25) is 9.69 Å². The van der Waals surface area contributed by atoms with Crippen molar-refractivity contribution >= 4 is 11.6 Å². The number of aliphatic hydroxyl groups is 1. The lowest BCUT2D eigenvalue weighted by Crippen LogP contribution is -2.35. The molecular formula is C18H22N2O2. The van der Waals surface area contributed by atoms with Gasteiger partial charge in [-0.25, -0.2) is 0 Å². The van der Waals surface area contributed by atoms with Crippen molar-refractivity contribution in [3.8, 4) is 0 Å². The highest BCUT2D eigenvalue weighted by atomic mass is 16.3.